The number of benzene rings is 1. The van der Waals surface area contributed by atoms with Crippen molar-refractivity contribution >= 4 is 21.6 Å². The van der Waals surface area contributed by atoms with Crippen LogP contribution in [-0.2, 0) is 0 Å². The number of nitrogens with zero attached hydrogens (tertiary/aromatic N) is 1. The number of hydrogen-bond donors (Lipinski definition) is 2. The molecule has 0 radical (unpaired) electrons. The van der Waals surface area contributed by atoms with Crippen LogP contribution in [0.4, 0.5) is 5.69 Å². The molecule has 2 N–H and O–H groups in total. The third kappa shape index (κ3) is 3.05. The molecule has 1 unspecified atom stereocenters. The van der Waals surface area contributed by atoms with Crippen LogP contribution in [0, 0.1) is 11.3 Å². The molecule has 0 heterocycles. The van der Waals surface area contributed by atoms with Gasteiger partial charge in [-0.05, 0) is 24.3 Å². The highest BCUT2D eigenvalue weighted by molar-refractivity contribution is 9.10. The van der Waals surface area contributed by atoms with Gasteiger partial charge in [0, 0.05) is 10.2 Å². The Morgan fingerprint density at radius 3 is 2.54 bits per heavy atom. The normalized spacial score (nSPS) is 11.8. The summed E-state index contributed by atoms with van der Waals surface area (Å²) in [6, 6.07) is 8.81. The van der Waals surface area contributed by atoms with Gasteiger partial charge in [-0.2, -0.15) is 5.26 Å². The number of anilines is 1. The molecule has 0 aliphatic carbocycles. The van der Waals surface area contributed by atoms with Crippen LogP contribution in [0.5, 0.6) is 0 Å². The molecular weight excluding hydrogens is 232 g/mol. The van der Waals surface area contributed by atoms with Gasteiger partial charge in [0.05, 0.1) is 12.7 Å². The Labute approximate surface area is 85.1 Å². The maximum Gasteiger partial charge on any atom is 0.137 e. The zero-order valence-corrected chi connectivity index (χ0v) is 8.45. The summed E-state index contributed by atoms with van der Waals surface area (Å²) in [7, 11) is 0. The highest BCUT2D eigenvalue weighted by atomic mass is 79.9. The molecule has 0 aliphatic heterocycles. The first-order chi connectivity index (χ1) is 6.26. The zero-order chi connectivity index (χ0) is 9.68. The van der Waals surface area contributed by atoms with Crippen LogP contribution >= 0.6 is 15.9 Å². The van der Waals surface area contributed by atoms with Crippen molar-refractivity contribution in [3.05, 3.63) is 28.7 Å². The summed E-state index contributed by atoms with van der Waals surface area (Å²) in [5.74, 6) is 0. The first-order valence-corrected chi connectivity index (χ1v) is 4.58. The Kier molecular flexibility index (Phi) is 3.74. The lowest BCUT2D eigenvalue weighted by molar-refractivity contribution is 0.293. The molecule has 0 saturated carbocycles. The maximum atomic E-state index is 8.75. The van der Waals surface area contributed by atoms with E-state index in [0.717, 1.165) is 10.2 Å². The lowest BCUT2D eigenvalue weighted by Crippen LogP contribution is -2.21. The smallest absolute Gasteiger partial charge is 0.137 e. The van der Waals surface area contributed by atoms with E-state index in [4.69, 9.17) is 10.4 Å². The van der Waals surface area contributed by atoms with E-state index in [9.17, 15) is 0 Å². The van der Waals surface area contributed by atoms with Crippen molar-refractivity contribution in [1.29, 1.82) is 5.26 Å². The molecular formula is C9H9BrN2O. The standard InChI is InChI=1S/C9H9BrN2O/c10-7-1-3-8(4-2-7)12-9(5-11)6-13/h1-4,9,12-13H,6H2. The van der Waals surface area contributed by atoms with Crippen molar-refractivity contribution < 1.29 is 5.11 Å². The predicted octanol–water partition coefficient (Wildman–Crippen LogP) is 1.75. The Morgan fingerprint density at radius 2 is 2.08 bits per heavy atom. The van der Waals surface area contributed by atoms with Crippen LogP contribution in [0.1, 0.15) is 0 Å². The number of rotatable bonds is 3. The molecule has 68 valence electrons. The van der Waals surface area contributed by atoms with Gasteiger partial charge in [0.25, 0.3) is 0 Å². The minimum absolute atomic E-state index is 0.188. The van der Waals surface area contributed by atoms with Gasteiger partial charge in [-0.15, -0.1) is 0 Å². The van der Waals surface area contributed by atoms with Crippen LogP contribution in [-0.4, -0.2) is 17.8 Å². The Hall–Kier alpha value is -1.05. The third-order valence-corrected chi connectivity index (χ3v) is 2.05. The van der Waals surface area contributed by atoms with Gasteiger partial charge >= 0.3 is 0 Å². The number of aliphatic hydroxyl groups is 1. The minimum Gasteiger partial charge on any atom is -0.393 e. The molecule has 0 saturated heterocycles. The molecule has 0 amide bonds. The second-order valence-corrected chi connectivity index (χ2v) is 3.43. The summed E-state index contributed by atoms with van der Waals surface area (Å²) in [6.45, 7) is -0.188. The van der Waals surface area contributed by atoms with E-state index in [2.05, 4.69) is 21.2 Å². The van der Waals surface area contributed by atoms with Gasteiger partial charge in [-0.25, -0.2) is 0 Å². The maximum absolute atomic E-state index is 8.75. The minimum atomic E-state index is -0.541. The van der Waals surface area contributed by atoms with Crippen molar-refractivity contribution in [2.24, 2.45) is 0 Å². The summed E-state index contributed by atoms with van der Waals surface area (Å²) in [4.78, 5) is 0. The number of nitriles is 1. The summed E-state index contributed by atoms with van der Waals surface area (Å²) in [6.07, 6.45) is 0. The molecule has 1 rings (SSSR count). The highest BCUT2D eigenvalue weighted by Crippen LogP contribution is 2.14. The highest BCUT2D eigenvalue weighted by Gasteiger charge is 2.03. The zero-order valence-electron chi connectivity index (χ0n) is 6.87. The lowest BCUT2D eigenvalue weighted by atomic mass is 10.3. The summed E-state index contributed by atoms with van der Waals surface area (Å²) in [5, 5.41) is 20.2. The second kappa shape index (κ2) is 4.85. The molecule has 0 bridgehead atoms. The predicted molar refractivity (Wildman–Crippen MR) is 54.3 cm³/mol. The molecule has 1 atom stereocenters. The van der Waals surface area contributed by atoms with E-state index in [1.807, 2.05) is 30.3 Å². The van der Waals surface area contributed by atoms with Gasteiger partial charge in [0.15, 0.2) is 0 Å². The molecule has 4 heteroatoms. The van der Waals surface area contributed by atoms with E-state index in [0.29, 0.717) is 0 Å². The molecule has 0 aliphatic rings. The average Bonchev–Trinajstić information content (AvgIpc) is 2.17. The third-order valence-electron chi connectivity index (χ3n) is 1.52. The quantitative estimate of drug-likeness (QED) is 0.847. The average molecular weight is 241 g/mol. The van der Waals surface area contributed by atoms with Gasteiger partial charge in [0.1, 0.15) is 6.04 Å². The lowest BCUT2D eigenvalue weighted by Gasteiger charge is -2.09. The van der Waals surface area contributed by atoms with Crippen molar-refractivity contribution in [3.63, 3.8) is 0 Å². The molecule has 13 heavy (non-hydrogen) atoms. The van der Waals surface area contributed by atoms with Crippen molar-refractivity contribution in [2.45, 2.75) is 6.04 Å². The number of halogens is 1. The Balaban J connectivity index is 2.64. The Bertz CT molecular complexity index is 304. The van der Waals surface area contributed by atoms with E-state index in [-0.39, 0.29) is 6.61 Å². The number of aliphatic hydroxyl groups excluding tert-OH is 1. The molecule has 0 aromatic heterocycles. The fraction of sp³-hybridized carbons (Fsp3) is 0.222. The summed E-state index contributed by atoms with van der Waals surface area (Å²) < 4.78 is 0.982. The van der Waals surface area contributed by atoms with Crippen molar-refractivity contribution in [2.75, 3.05) is 11.9 Å². The van der Waals surface area contributed by atoms with Crippen LogP contribution < -0.4 is 5.32 Å². The molecule has 0 spiro atoms. The van der Waals surface area contributed by atoms with Crippen molar-refractivity contribution in [1.82, 2.24) is 0 Å². The fourth-order valence-electron chi connectivity index (χ4n) is 0.866. The monoisotopic (exact) mass is 240 g/mol. The fourth-order valence-corrected chi connectivity index (χ4v) is 1.13. The molecule has 3 nitrogen and oxygen atoms in total. The van der Waals surface area contributed by atoms with E-state index < -0.39 is 6.04 Å². The van der Waals surface area contributed by atoms with E-state index in [1.165, 1.54) is 0 Å². The van der Waals surface area contributed by atoms with Gasteiger partial charge in [-0.1, -0.05) is 15.9 Å². The summed E-state index contributed by atoms with van der Waals surface area (Å²) in [5.41, 5.74) is 0.823. The van der Waals surface area contributed by atoms with Gasteiger partial charge in [0.2, 0.25) is 0 Å². The van der Waals surface area contributed by atoms with Crippen LogP contribution in [0.3, 0.4) is 0 Å². The topological polar surface area (TPSA) is 56.0 Å². The molecule has 1 aromatic carbocycles. The van der Waals surface area contributed by atoms with Crippen LogP contribution in [0.2, 0.25) is 0 Å². The SMILES string of the molecule is N#CC(CO)Nc1ccc(Br)cc1. The molecule has 1 aromatic rings. The number of nitrogens with one attached hydrogen (secondary N) is 1. The first-order valence-electron chi connectivity index (χ1n) is 3.79. The van der Waals surface area contributed by atoms with Crippen LogP contribution in [0.15, 0.2) is 28.7 Å². The first kappa shape index (κ1) is 10.0. The molecule has 0 fully saturated rings. The summed E-state index contributed by atoms with van der Waals surface area (Å²) >= 11 is 3.30. The second-order valence-electron chi connectivity index (χ2n) is 2.52. The van der Waals surface area contributed by atoms with Crippen LogP contribution in [0.25, 0.3) is 0 Å². The van der Waals surface area contributed by atoms with Gasteiger partial charge < -0.3 is 10.4 Å². The Morgan fingerprint density at radius 1 is 1.46 bits per heavy atom. The van der Waals surface area contributed by atoms with Crippen molar-refractivity contribution in [3.8, 4) is 6.07 Å². The van der Waals surface area contributed by atoms with Gasteiger partial charge in [-0.3, -0.25) is 0 Å². The number of hydrogen-bond acceptors (Lipinski definition) is 3. The van der Waals surface area contributed by atoms with E-state index in [1.54, 1.807) is 0 Å². The largest absolute Gasteiger partial charge is 0.393 e. The van der Waals surface area contributed by atoms with E-state index >= 15 is 0 Å².